The Morgan fingerprint density at radius 1 is 0.732 bits per heavy atom. The van der Waals surface area contributed by atoms with Gasteiger partial charge in [0.15, 0.2) is 0 Å². The first kappa shape index (κ1) is 30.6. The summed E-state index contributed by atoms with van der Waals surface area (Å²) in [5.74, 6) is -1.21. The maximum absolute atomic E-state index is 12.4. The van der Waals surface area contributed by atoms with Gasteiger partial charge in [-0.1, -0.05) is 59.6 Å². The van der Waals surface area contributed by atoms with Crippen molar-refractivity contribution in [3.05, 3.63) is 131 Å². The number of nitro groups is 3. The van der Waals surface area contributed by atoms with Gasteiger partial charge in [-0.3, -0.25) is 30.3 Å². The largest absolute Gasteiger partial charge is 0.497 e. The minimum atomic E-state index is -1.21. The first-order chi connectivity index (χ1) is 19.5. The highest BCUT2D eigenvalue weighted by Crippen LogP contribution is 2.39. The number of hydrogen-bond acceptors (Lipinski definition) is 8. The summed E-state index contributed by atoms with van der Waals surface area (Å²) in [6, 6.07) is 24.8. The number of carbonyl (C=O) groups excluding carboxylic acids is 1. The summed E-state index contributed by atoms with van der Waals surface area (Å²) >= 11 is 11.9. The quantitative estimate of drug-likeness (QED) is 0.163. The second kappa shape index (κ2) is 13.9. The Balaban J connectivity index is 0.000000250. The summed E-state index contributed by atoms with van der Waals surface area (Å²) in [7, 11) is -0.711. The molecule has 4 rings (SSSR count). The number of phenolic OH excluding ortho intramolecular Hbond substituents is 1. The van der Waals surface area contributed by atoms with E-state index in [-0.39, 0.29) is 0 Å². The second-order valence-electron chi connectivity index (χ2n) is 7.67. The van der Waals surface area contributed by atoms with E-state index in [1.807, 2.05) is 60.7 Å². The molecule has 0 spiro atoms. The molecule has 0 aliphatic carbocycles. The first-order valence-electron chi connectivity index (χ1n) is 11.1. The Morgan fingerprint density at radius 3 is 1.63 bits per heavy atom. The fourth-order valence-corrected chi connectivity index (χ4v) is 4.94. The molecule has 2 N–H and O–H groups in total. The highest BCUT2D eigenvalue weighted by Gasteiger charge is 2.30. The molecular formula is C25H17Cl2N5O8S. The van der Waals surface area contributed by atoms with Crippen LogP contribution < -0.4 is 5.32 Å². The Hall–Kier alpha value is -4.92. The van der Waals surface area contributed by atoms with Gasteiger partial charge in [0.2, 0.25) is 0 Å². The van der Waals surface area contributed by atoms with Crippen LogP contribution in [0.1, 0.15) is 0 Å². The molecule has 0 radical (unpaired) electrons. The smallest absolute Gasteiger partial charge is 0.352 e. The average Bonchev–Trinajstić information content (AvgIpc) is 2.94. The molecule has 0 unspecified atom stereocenters. The number of anilines is 1. The van der Waals surface area contributed by atoms with E-state index >= 15 is 0 Å². The zero-order chi connectivity index (χ0) is 30.1. The van der Waals surface area contributed by atoms with Crippen LogP contribution in [0.2, 0.25) is 10.0 Å². The second-order valence-corrected chi connectivity index (χ2v) is 10.2. The highest BCUT2D eigenvalue weighted by atomic mass is 35.5. The minimum Gasteiger partial charge on any atom is -0.497 e. The van der Waals surface area contributed by atoms with Crippen molar-refractivity contribution in [1.29, 1.82) is 0 Å². The monoisotopic (exact) mass is 617 g/mol. The number of nitro benzene ring substituents is 3. The predicted molar refractivity (Wildman–Crippen MR) is 153 cm³/mol. The molecular weight excluding hydrogens is 601 g/mol. The third-order valence-corrected chi connectivity index (χ3v) is 7.46. The molecule has 0 aliphatic rings. The normalized spacial score (nSPS) is 10.2. The number of phenols is 1. The van der Waals surface area contributed by atoms with Crippen molar-refractivity contribution in [2.75, 3.05) is 5.32 Å². The molecule has 0 atom stereocenters. The maximum Gasteiger partial charge on any atom is 0.352 e. The molecule has 41 heavy (non-hydrogen) atoms. The number of benzene rings is 4. The molecule has 0 bridgehead atoms. The average molecular weight is 618 g/mol. The topological polar surface area (TPSA) is 191 Å². The molecule has 0 saturated heterocycles. The molecule has 2 amide bonds. The molecule has 16 heteroatoms. The van der Waals surface area contributed by atoms with Crippen molar-refractivity contribution in [1.82, 2.24) is 0 Å². The lowest BCUT2D eigenvalue weighted by atomic mass is 10.2. The number of urea groups is 1. The standard InChI is InChI=1S/C19H14Cl2N2OS.C6H3N3O7/c20-17-12-11-14(13-18(17)21)22-19(24)23-25(15-7-3-1-4-8-15)16-9-5-2-6-10-16;10-6-4(8(13)14)1-3(7(11)12)2-5(6)9(15)16/h1-13H,(H,22,24);1-2,10H. The van der Waals surface area contributed by atoms with Gasteiger partial charge in [-0.2, -0.15) is 4.36 Å². The Kier molecular flexibility index (Phi) is 10.4. The number of nitrogens with zero attached hydrogens (tertiary/aromatic N) is 4. The Morgan fingerprint density at radius 2 is 1.22 bits per heavy atom. The Bertz CT molecular complexity index is 1580. The van der Waals surface area contributed by atoms with E-state index in [9.17, 15) is 35.1 Å². The van der Waals surface area contributed by atoms with Crippen LogP contribution in [0.3, 0.4) is 0 Å². The van der Waals surface area contributed by atoms with Gasteiger partial charge in [-0.05, 0) is 53.2 Å². The number of non-ortho nitro benzene ring substituents is 1. The van der Waals surface area contributed by atoms with Crippen molar-refractivity contribution < 1.29 is 24.7 Å². The van der Waals surface area contributed by atoms with Crippen LogP contribution in [-0.4, -0.2) is 25.9 Å². The van der Waals surface area contributed by atoms with Gasteiger partial charge in [0.25, 0.3) is 11.4 Å². The first-order valence-corrected chi connectivity index (χ1v) is 13.0. The zero-order valence-electron chi connectivity index (χ0n) is 20.4. The van der Waals surface area contributed by atoms with Gasteiger partial charge in [0.05, 0.1) is 36.9 Å². The van der Waals surface area contributed by atoms with Crippen molar-refractivity contribution in [3.63, 3.8) is 0 Å². The number of amides is 2. The molecule has 0 aliphatic heterocycles. The van der Waals surface area contributed by atoms with Gasteiger partial charge in [-0.15, -0.1) is 0 Å². The van der Waals surface area contributed by atoms with Gasteiger partial charge in [-0.25, -0.2) is 4.79 Å². The molecule has 0 saturated carbocycles. The minimum absolute atomic E-state index is 0.379. The molecule has 13 nitrogen and oxygen atoms in total. The zero-order valence-corrected chi connectivity index (χ0v) is 22.7. The van der Waals surface area contributed by atoms with Crippen LogP contribution in [0.25, 0.3) is 0 Å². The lowest BCUT2D eigenvalue weighted by molar-refractivity contribution is -0.404. The molecule has 4 aromatic rings. The number of rotatable bonds is 6. The van der Waals surface area contributed by atoms with Gasteiger partial charge in [0, 0.05) is 15.5 Å². The summed E-state index contributed by atoms with van der Waals surface area (Å²) in [4.78, 5) is 42.1. The van der Waals surface area contributed by atoms with Crippen LogP contribution in [-0.2, 0) is 10.7 Å². The van der Waals surface area contributed by atoms with Crippen LogP contribution in [0.4, 0.5) is 27.5 Å². The third-order valence-electron chi connectivity index (χ3n) is 4.94. The van der Waals surface area contributed by atoms with E-state index in [2.05, 4.69) is 9.68 Å². The molecule has 0 fully saturated rings. The van der Waals surface area contributed by atoms with E-state index in [4.69, 9.17) is 28.3 Å². The number of carbonyl (C=O) groups is 1. The SMILES string of the molecule is O=C(N=S(c1ccccc1)c1ccccc1)Nc1ccc(Cl)c(Cl)c1.O=[N+]([O-])c1cc([N+](=O)[O-])c(O)c([N+](=O)[O-])c1. The van der Waals surface area contributed by atoms with Gasteiger partial charge >= 0.3 is 17.4 Å². The molecule has 0 heterocycles. The summed E-state index contributed by atoms with van der Waals surface area (Å²) < 4.78 is 4.37. The number of nitrogens with one attached hydrogen (secondary N) is 1. The number of halogens is 2. The van der Waals surface area contributed by atoms with E-state index in [0.717, 1.165) is 9.79 Å². The fourth-order valence-electron chi connectivity index (χ4n) is 3.12. The van der Waals surface area contributed by atoms with Crippen LogP contribution in [0, 0.1) is 30.3 Å². The fraction of sp³-hybridized carbons (Fsp3) is 0. The maximum atomic E-state index is 12.4. The molecule has 210 valence electrons. The van der Waals surface area contributed by atoms with Crippen molar-refractivity contribution in [2.24, 2.45) is 4.36 Å². The highest BCUT2D eigenvalue weighted by molar-refractivity contribution is 7.87. The molecule has 0 aromatic heterocycles. The lowest BCUT2D eigenvalue weighted by Gasteiger charge is -2.09. The summed E-state index contributed by atoms with van der Waals surface area (Å²) in [5.41, 5.74) is -2.45. The summed E-state index contributed by atoms with van der Waals surface area (Å²) in [6.07, 6.45) is 0. The lowest BCUT2D eigenvalue weighted by Crippen LogP contribution is -2.08. The van der Waals surface area contributed by atoms with Crippen LogP contribution in [0.15, 0.2) is 105 Å². The number of hydrogen-bond donors (Lipinski definition) is 2. The van der Waals surface area contributed by atoms with Gasteiger partial charge in [0.1, 0.15) is 0 Å². The van der Waals surface area contributed by atoms with E-state index in [1.165, 1.54) is 0 Å². The van der Waals surface area contributed by atoms with E-state index < -0.39 is 54.3 Å². The summed E-state index contributed by atoms with van der Waals surface area (Å²) in [5, 5.41) is 43.8. The Labute approximate surface area is 243 Å². The third kappa shape index (κ3) is 8.28. The van der Waals surface area contributed by atoms with E-state index in [0.29, 0.717) is 27.9 Å². The van der Waals surface area contributed by atoms with Crippen molar-refractivity contribution in [3.8, 4) is 5.75 Å². The van der Waals surface area contributed by atoms with Crippen molar-refractivity contribution >= 4 is 62.7 Å². The van der Waals surface area contributed by atoms with Crippen molar-refractivity contribution in [2.45, 2.75) is 9.79 Å². The van der Waals surface area contributed by atoms with E-state index in [1.54, 1.807) is 18.2 Å². The van der Waals surface area contributed by atoms with Gasteiger partial charge < -0.3 is 10.4 Å². The molecule has 4 aromatic carbocycles. The summed E-state index contributed by atoms with van der Waals surface area (Å²) in [6.45, 7) is 0. The predicted octanol–water partition coefficient (Wildman–Crippen LogP) is 7.56. The van der Waals surface area contributed by atoms with Crippen LogP contribution in [0.5, 0.6) is 5.75 Å². The number of aromatic hydroxyl groups is 1. The van der Waals surface area contributed by atoms with Crippen LogP contribution >= 0.6 is 23.2 Å².